The average Bonchev–Trinajstić information content (AvgIpc) is 2.09. The smallest absolute Gasteiger partial charge is 0.222 e. The third kappa shape index (κ3) is 7.03. The van der Waals surface area contributed by atoms with Gasteiger partial charge in [-0.2, -0.15) is 5.26 Å². The second-order valence-corrected chi connectivity index (χ2v) is 2.35. The Hall–Kier alpha value is -1.08. The Morgan fingerprint density at radius 1 is 1.67 bits per heavy atom. The maximum atomic E-state index is 10.9. The van der Waals surface area contributed by atoms with E-state index in [-0.39, 0.29) is 5.91 Å². The van der Waals surface area contributed by atoms with Crippen molar-refractivity contribution in [3.05, 3.63) is 0 Å². The van der Waals surface area contributed by atoms with E-state index in [4.69, 9.17) is 10.00 Å². The van der Waals surface area contributed by atoms with Crippen LogP contribution in [-0.4, -0.2) is 26.2 Å². The van der Waals surface area contributed by atoms with Crippen LogP contribution >= 0.6 is 0 Å². The van der Waals surface area contributed by atoms with Crippen molar-refractivity contribution in [2.24, 2.45) is 0 Å². The lowest BCUT2D eigenvalue weighted by atomic mass is 10.3. The molecule has 12 heavy (non-hydrogen) atoms. The number of unbranched alkanes of at least 4 members (excludes halogenated alkanes) is 1. The molecule has 0 aromatic carbocycles. The Morgan fingerprint density at radius 2 is 2.42 bits per heavy atom. The SMILES string of the molecule is COCCC(=O)NCCCC#N. The van der Waals surface area contributed by atoms with Crippen LogP contribution in [0.5, 0.6) is 0 Å². The number of nitrogens with zero attached hydrogens (tertiary/aromatic N) is 1. The molecule has 68 valence electrons. The van der Waals surface area contributed by atoms with Gasteiger partial charge in [0.25, 0.3) is 0 Å². The fourth-order valence-electron chi connectivity index (χ4n) is 0.678. The standard InChI is InChI=1S/C8H14N2O2/c1-12-7-4-8(11)10-6-3-2-5-9/h2-4,6-7H2,1H3,(H,10,11). The van der Waals surface area contributed by atoms with Crippen molar-refractivity contribution in [3.63, 3.8) is 0 Å². The first kappa shape index (κ1) is 10.9. The number of ether oxygens (including phenoxy) is 1. The molecular weight excluding hydrogens is 156 g/mol. The lowest BCUT2D eigenvalue weighted by Gasteiger charge is -2.01. The predicted octanol–water partition coefficient (Wildman–Crippen LogP) is 0.443. The Labute approximate surface area is 72.5 Å². The summed E-state index contributed by atoms with van der Waals surface area (Å²) in [5.41, 5.74) is 0. The van der Waals surface area contributed by atoms with Crippen molar-refractivity contribution in [1.29, 1.82) is 5.26 Å². The molecule has 0 saturated carbocycles. The minimum atomic E-state index is -0.0187. The molecule has 0 radical (unpaired) electrons. The molecule has 0 aromatic rings. The number of hydrogen-bond donors (Lipinski definition) is 1. The summed E-state index contributed by atoms with van der Waals surface area (Å²) in [6.07, 6.45) is 1.60. The minimum Gasteiger partial charge on any atom is -0.384 e. The summed E-state index contributed by atoms with van der Waals surface area (Å²) < 4.78 is 4.73. The van der Waals surface area contributed by atoms with Gasteiger partial charge in [0.2, 0.25) is 5.91 Å². The average molecular weight is 170 g/mol. The van der Waals surface area contributed by atoms with E-state index in [1.807, 2.05) is 6.07 Å². The van der Waals surface area contributed by atoms with Gasteiger partial charge < -0.3 is 10.1 Å². The van der Waals surface area contributed by atoms with Crippen LogP contribution < -0.4 is 5.32 Å². The fourth-order valence-corrected chi connectivity index (χ4v) is 0.678. The van der Waals surface area contributed by atoms with Crippen molar-refractivity contribution in [3.8, 4) is 6.07 Å². The van der Waals surface area contributed by atoms with E-state index in [0.717, 1.165) is 6.42 Å². The molecule has 1 N–H and O–H groups in total. The van der Waals surface area contributed by atoms with Crippen molar-refractivity contribution in [2.75, 3.05) is 20.3 Å². The summed E-state index contributed by atoms with van der Waals surface area (Å²) in [4.78, 5) is 10.9. The summed E-state index contributed by atoms with van der Waals surface area (Å²) in [6.45, 7) is 1.03. The molecule has 0 aliphatic carbocycles. The second kappa shape index (κ2) is 8.02. The Balaban J connectivity index is 3.15. The monoisotopic (exact) mass is 170 g/mol. The first-order valence-corrected chi connectivity index (χ1v) is 3.94. The second-order valence-electron chi connectivity index (χ2n) is 2.35. The highest BCUT2D eigenvalue weighted by molar-refractivity contribution is 5.75. The summed E-state index contributed by atoms with van der Waals surface area (Å²) >= 11 is 0. The quantitative estimate of drug-likeness (QED) is 0.588. The van der Waals surface area contributed by atoms with Gasteiger partial charge in [0.05, 0.1) is 12.7 Å². The number of hydrogen-bond acceptors (Lipinski definition) is 3. The van der Waals surface area contributed by atoms with Gasteiger partial charge in [-0.1, -0.05) is 0 Å². The maximum absolute atomic E-state index is 10.9. The topological polar surface area (TPSA) is 62.1 Å². The van der Waals surface area contributed by atoms with E-state index in [9.17, 15) is 4.79 Å². The van der Waals surface area contributed by atoms with E-state index in [0.29, 0.717) is 26.0 Å². The summed E-state index contributed by atoms with van der Waals surface area (Å²) in [5, 5.41) is 10.9. The lowest BCUT2D eigenvalue weighted by molar-refractivity contribution is -0.121. The van der Waals surface area contributed by atoms with Crippen LogP contribution in [0.15, 0.2) is 0 Å². The molecule has 4 heteroatoms. The molecule has 0 unspecified atom stereocenters. The Morgan fingerprint density at radius 3 is 3.00 bits per heavy atom. The van der Waals surface area contributed by atoms with E-state index < -0.39 is 0 Å². The minimum absolute atomic E-state index is 0.0187. The largest absolute Gasteiger partial charge is 0.384 e. The number of carbonyl (C=O) groups is 1. The van der Waals surface area contributed by atoms with Gasteiger partial charge >= 0.3 is 0 Å². The van der Waals surface area contributed by atoms with Gasteiger partial charge in [0, 0.05) is 26.5 Å². The van der Waals surface area contributed by atoms with Gasteiger partial charge in [0.1, 0.15) is 0 Å². The van der Waals surface area contributed by atoms with Gasteiger partial charge in [-0.3, -0.25) is 4.79 Å². The number of carbonyl (C=O) groups excluding carboxylic acids is 1. The summed E-state index contributed by atoms with van der Waals surface area (Å²) in [6, 6.07) is 2.01. The van der Waals surface area contributed by atoms with Crippen molar-refractivity contribution < 1.29 is 9.53 Å². The van der Waals surface area contributed by atoms with Crippen LogP contribution in [0.2, 0.25) is 0 Å². The zero-order valence-electron chi connectivity index (χ0n) is 7.30. The molecule has 1 amide bonds. The third-order valence-corrected chi connectivity index (χ3v) is 1.32. The molecule has 0 aliphatic heterocycles. The summed E-state index contributed by atoms with van der Waals surface area (Å²) in [5.74, 6) is -0.0187. The number of nitriles is 1. The van der Waals surface area contributed by atoms with Crippen LogP contribution in [0.4, 0.5) is 0 Å². The Kier molecular flexibility index (Phi) is 7.30. The van der Waals surface area contributed by atoms with Gasteiger partial charge in [0.15, 0.2) is 0 Å². The predicted molar refractivity (Wildman–Crippen MR) is 44.3 cm³/mol. The summed E-state index contributed by atoms with van der Waals surface area (Å²) in [7, 11) is 1.56. The highest BCUT2D eigenvalue weighted by Gasteiger charge is 1.98. The van der Waals surface area contributed by atoms with Gasteiger partial charge in [-0.15, -0.1) is 0 Å². The molecule has 0 rings (SSSR count). The van der Waals surface area contributed by atoms with Crippen LogP contribution in [0, 0.1) is 11.3 Å². The number of rotatable bonds is 6. The van der Waals surface area contributed by atoms with Crippen molar-refractivity contribution >= 4 is 5.91 Å². The molecule has 0 heterocycles. The highest BCUT2D eigenvalue weighted by Crippen LogP contribution is 1.85. The molecular formula is C8H14N2O2. The third-order valence-electron chi connectivity index (χ3n) is 1.32. The van der Waals surface area contributed by atoms with Crippen molar-refractivity contribution in [1.82, 2.24) is 5.32 Å². The number of nitrogens with one attached hydrogen (secondary N) is 1. The normalized spacial score (nSPS) is 9.00. The fraction of sp³-hybridized carbons (Fsp3) is 0.750. The highest BCUT2D eigenvalue weighted by atomic mass is 16.5. The molecule has 0 spiro atoms. The van der Waals surface area contributed by atoms with E-state index in [1.54, 1.807) is 7.11 Å². The molecule has 4 nitrogen and oxygen atoms in total. The van der Waals surface area contributed by atoms with Crippen LogP contribution in [0.25, 0.3) is 0 Å². The molecule has 0 aromatic heterocycles. The maximum Gasteiger partial charge on any atom is 0.222 e. The zero-order valence-corrected chi connectivity index (χ0v) is 7.30. The molecule has 0 aliphatic rings. The van der Waals surface area contributed by atoms with Crippen LogP contribution in [0.3, 0.4) is 0 Å². The van der Waals surface area contributed by atoms with E-state index in [1.165, 1.54) is 0 Å². The van der Waals surface area contributed by atoms with Crippen LogP contribution in [-0.2, 0) is 9.53 Å². The van der Waals surface area contributed by atoms with Crippen molar-refractivity contribution in [2.45, 2.75) is 19.3 Å². The molecule has 0 fully saturated rings. The zero-order chi connectivity index (χ0) is 9.23. The van der Waals surface area contributed by atoms with E-state index >= 15 is 0 Å². The van der Waals surface area contributed by atoms with E-state index in [2.05, 4.69) is 5.32 Å². The number of methoxy groups -OCH3 is 1. The van der Waals surface area contributed by atoms with Crippen LogP contribution in [0.1, 0.15) is 19.3 Å². The number of amides is 1. The molecule has 0 atom stereocenters. The lowest BCUT2D eigenvalue weighted by Crippen LogP contribution is -2.25. The van der Waals surface area contributed by atoms with Gasteiger partial charge in [-0.05, 0) is 6.42 Å². The molecule has 0 bridgehead atoms. The first-order valence-electron chi connectivity index (χ1n) is 3.94. The Bertz CT molecular complexity index is 163. The first-order chi connectivity index (χ1) is 5.81. The van der Waals surface area contributed by atoms with Gasteiger partial charge in [-0.25, -0.2) is 0 Å². The molecule has 0 saturated heterocycles.